The molecule has 3 nitrogen and oxygen atoms in total. The lowest BCUT2D eigenvalue weighted by atomic mass is 9.75. The van der Waals surface area contributed by atoms with Gasteiger partial charge >= 0.3 is 5.97 Å². The van der Waals surface area contributed by atoms with Gasteiger partial charge in [0.2, 0.25) is 0 Å². The Balaban J connectivity index is 2.23. The van der Waals surface area contributed by atoms with E-state index < -0.39 is 0 Å². The Hall–Kier alpha value is -1.35. The van der Waals surface area contributed by atoms with Crippen molar-refractivity contribution >= 4 is 5.97 Å². The van der Waals surface area contributed by atoms with Crippen LogP contribution in [0.5, 0.6) is 0 Å². The quantitative estimate of drug-likeness (QED) is 0.846. The maximum absolute atomic E-state index is 12.4. The summed E-state index contributed by atoms with van der Waals surface area (Å²) < 4.78 is 5.32. The van der Waals surface area contributed by atoms with Crippen molar-refractivity contribution < 1.29 is 9.53 Å². The normalized spacial score (nSPS) is 23.1. The van der Waals surface area contributed by atoms with Gasteiger partial charge in [-0.05, 0) is 50.8 Å². The van der Waals surface area contributed by atoms with E-state index in [-0.39, 0.29) is 11.4 Å². The molecule has 0 unspecified atom stereocenters. The largest absolute Gasteiger partial charge is 0.466 e. The molecule has 0 saturated carbocycles. The molecular weight excluding hydrogens is 238 g/mol. The lowest BCUT2D eigenvalue weighted by molar-refractivity contribution is -0.156. The van der Waals surface area contributed by atoms with Crippen LogP contribution in [0.3, 0.4) is 0 Å². The van der Waals surface area contributed by atoms with Crippen LogP contribution in [0.25, 0.3) is 0 Å². The molecule has 1 aliphatic heterocycles. The van der Waals surface area contributed by atoms with Gasteiger partial charge in [0.1, 0.15) is 0 Å². The number of aryl methyl sites for hydroxylation is 1. The summed E-state index contributed by atoms with van der Waals surface area (Å²) in [6.45, 7) is 6.14. The van der Waals surface area contributed by atoms with E-state index in [9.17, 15) is 4.79 Å². The van der Waals surface area contributed by atoms with Crippen LogP contribution in [0.2, 0.25) is 0 Å². The van der Waals surface area contributed by atoms with E-state index in [0.717, 1.165) is 32.4 Å². The number of esters is 1. The van der Waals surface area contributed by atoms with Crippen molar-refractivity contribution in [3.05, 3.63) is 35.4 Å². The molecule has 0 aromatic heterocycles. The van der Waals surface area contributed by atoms with Crippen molar-refractivity contribution in [3.8, 4) is 0 Å². The maximum Gasteiger partial charge on any atom is 0.313 e. The number of benzene rings is 1. The molecule has 3 heteroatoms. The molecule has 0 amide bonds. The molecule has 0 spiro atoms. The van der Waals surface area contributed by atoms with Gasteiger partial charge < -0.3 is 10.1 Å². The minimum Gasteiger partial charge on any atom is -0.466 e. The Morgan fingerprint density at radius 1 is 1.42 bits per heavy atom. The number of hydrogen-bond donors (Lipinski definition) is 1. The Labute approximate surface area is 115 Å². The summed E-state index contributed by atoms with van der Waals surface area (Å²) in [4.78, 5) is 12.4. The van der Waals surface area contributed by atoms with Gasteiger partial charge in [0.15, 0.2) is 0 Å². The van der Waals surface area contributed by atoms with Crippen LogP contribution in [0.4, 0.5) is 0 Å². The van der Waals surface area contributed by atoms with Crippen LogP contribution < -0.4 is 5.32 Å². The molecule has 1 heterocycles. The summed E-state index contributed by atoms with van der Waals surface area (Å²) in [6.07, 6.45) is 2.71. The number of carbonyl (C=O) groups excluding carboxylic acids is 1. The third kappa shape index (κ3) is 3.16. The Morgan fingerprint density at radius 2 is 2.21 bits per heavy atom. The number of hydrogen-bond acceptors (Lipinski definition) is 3. The predicted molar refractivity (Wildman–Crippen MR) is 76.1 cm³/mol. The van der Waals surface area contributed by atoms with E-state index >= 15 is 0 Å². The lowest BCUT2D eigenvalue weighted by Gasteiger charge is -2.35. The van der Waals surface area contributed by atoms with Gasteiger partial charge in [-0.3, -0.25) is 4.79 Å². The van der Waals surface area contributed by atoms with Crippen molar-refractivity contribution in [2.24, 2.45) is 5.41 Å². The van der Waals surface area contributed by atoms with Gasteiger partial charge in [0.25, 0.3) is 0 Å². The number of nitrogens with one attached hydrogen (secondary N) is 1. The zero-order chi connectivity index (χ0) is 13.7. The molecule has 1 aliphatic rings. The Kier molecular flexibility index (Phi) is 4.59. The SMILES string of the molecule is CCOC(=O)[C@]1(Cc2ccccc2C)CCCNC1. The highest BCUT2D eigenvalue weighted by Crippen LogP contribution is 2.33. The minimum absolute atomic E-state index is 0.0505. The molecule has 0 radical (unpaired) electrons. The highest BCUT2D eigenvalue weighted by molar-refractivity contribution is 5.78. The third-order valence-corrected chi connectivity index (χ3v) is 3.97. The standard InChI is InChI=1S/C16H23NO2/c1-3-19-15(18)16(9-6-10-17-12-16)11-14-8-5-4-7-13(14)2/h4-5,7-8,17H,3,6,9-12H2,1-2H3/t16-/m0/s1. The summed E-state index contributed by atoms with van der Waals surface area (Å²) in [6, 6.07) is 8.29. The van der Waals surface area contributed by atoms with Crippen molar-refractivity contribution in [3.63, 3.8) is 0 Å². The van der Waals surface area contributed by atoms with E-state index in [4.69, 9.17) is 4.74 Å². The molecular formula is C16H23NO2. The first-order chi connectivity index (χ1) is 9.18. The molecule has 1 N–H and O–H groups in total. The topological polar surface area (TPSA) is 38.3 Å². The summed E-state index contributed by atoms with van der Waals surface area (Å²) in [5.41, 5.74) is 2.11. The van der Waals surface area contributed by atoms with E-state index in [1.54, 1.807) is 0 Å². The average Bonchev–Trinajstić information content (AvgIpc) is 2.43. The van der Waals surface area contributed by atoms with Gasteiger partial charge in [0.05, 0.1) is 12.0 Å². The number of ether oxygens (including phenoxy) is 1. The second kappa shape index (κ2) is 6.20. The second-order valence-electron chi connectivity index (χ2n) is 5.38. The summed E-state index contributed by atoms with van der Waals surface area (Å²) >= 11 is 0. The average molecular weight is 261 g/mol. The van der Waals surface area contributed by atoms with Crippen LogP contribution in [-0.2, 0) is 16.0 Å². The molecule has 0 aliphatic carbocycles. The van der Waals surface area contributed by atoms with Crippen molar-refractivity contribution in [2.45, 2.75) is 33.1 Å². The lowest BCUT2D eigenvalue weighted by Crippen LogP contribution is -2.48. The van der Waals surface area contributed by atoms with Crippen LogP contribution in [-0.4, -0.2) is 25.7 Å². The first-order valence-corrected chi connectivity index (χ1v) is 7.10. The summed E-state index contributed by atoms with van der Waals surface area (Å²) in [5, 5.41) is 3.35. The number of piperidine rings is 1. The fourth-order valence-corrected chi connectivity index (χ4v) is 2.82. The van der Waals surface area contributed by atoms with Crippen LogP contribution >= 0.6 is 0 Å². The van der Waals surface area contributed by atoms with Crippen molar-refractivity contribution in [1.82, 2.24) is 5.32 Å². The zero-order valence-corrected chi connectivity index (χ0v) is 11.9. The van der Waals surface area contributed by atoms with Crippen LogP contribution in [0.1, 0.15) is 30.9 Å². The second-order valence-corrected chi connectivity index (χ2v) is 5.38. The summed E-state index contributed by atoms with van der Waals surface area (Å²) in [7, 11) is 0. The molecule has 1 aromatic rings. The van der Waals surface area contributed by atoms with Crippen LogP contribution in [0, 0.1) is 12.3 Å². The van der Waals surface area contributed by atoms with Gasteiger partial charge in [-0.15, -0.1) is 0 Å². The van der Waals surface area contributed by atoms with Crippen molar-refractivity contribution in [1.29, 1.82) is 0 Å². The molecule has 1 saturated heterocycles. The fourth-order valence-electron chi connectivity index (χ4n) is 2.82. The summed E-state index contributed by atoms with van der Waals surface area (Å²) in [5.74, 6) is -0.0505. The van der Waals surface area contributed by atoms with Gasteiger partial charge in [-0.25, -0.2) is 0 Å². The Bertz CT molecular complexity index is 436. The predicted octanol–water partition coefficient (Wildman–Crippen LogP) is 2.47. The number of rotatable bonds is 4. The van der Waals surface area contributed by atoms with Crippen LogP contribution in [0.15, 0.2) is 24.3 Å². The smallest absolute Gasteiger partial charge is 0.313 e. The van der Waals surface area contributed by atoms with E-state index in [1.807, 2.05) is 19.1 Å². The Morgan fingerprint density at radius 3 is 2.84 bits per heavy atom. The molecule has 19 heavy (non-hydrogen) atoms. The zero-order valence-electron chi connectivity index (χ0n) is 11.9. The van der Waals surface area contributed by atoms with E-state index in [2.05, 4.69) is 24.4 Å². The molecule has 2 rings (SSSR count). The molecule has 1 fully saturated rings. The van der Waals surface area contributed by atoms with Gasteiger partial charge in [-0.1, -0.05) is 24.3 Å². The monoisotopic (exact) mass is 261 g/mol. The molecule has 1 aromatic carbocycles. The fraction of sp³-hybridized carbons (Fsp3) is 0.562. The minimum atomic E-state index is -0.389. The van der Waals surface area contributed by atoms with Gasteiger partial charge in [0, 0.05) is 6.54 Å². The molecule has 104 valence electrons. The van der Waals surface area contributed by atoms with E-state index in [1.165, 1.54) is 11.1 Å². The molecule has 0 bridgehead atoms. The highest BCUT2D eigenvalue weighted by atomic mass is 16.5. The number of carbonyl (C=O) groups is 1. The van der Waals surface area contributed by atoms with E-state index in [0.29, 0.717) is 6.61 Å². The first kappa shape index (κ1) is 14.1. The third-order valence-electron chi connectivity index (χ3n) is 3.97. The molecule has 1 atom stereocenters. The first-order valence-electron chi connectivity index (χ1n) is 7.10. The van der Waals surface area contributed by atoms with Gasteiger partial charge in [-0.2, -0.15) is 0 Å². The highest BCUT2D eigenvalue weighted by Gasteiger charge is 2.41. The van der Waals surface area contributed by atoms with Crippen molar-refractivity contribution in [2.75, 3.05) is 19.7 Å². The maximum atomic E-state index is 12.4.